The Morgan fingerprint density at radius 3 is 2.54 bits per heavy atom. The standard InChI is InChI=1S/C23H15ClO4/c1-14-6-8-15(9-7-14)23(26)27-17-10-11-18-20(13-17)28-21(22(18)25)12-16-4-2-3-5-19(16)24/h2-13H,1H3/b21-12-. The van der Waals surface area contributed by atoms with Crippen molar-refractivity contribution in [2.45, 2.75) is 6.92 Å². The van der Waals surface area contributed by atoms with Crippen LogP contribution >= 0.6 is 11.6 Å². The van der Waals surface area contributed by atoms with Gasteiger partial charge in [-0.3, -0.25) is 4.79 Å². The smallest absolute Gasteiger partial charge is 0.343 e. The molecule has 28 heavy (non-hydrogen) atoms. The Labute approximate surface area is 167 Å². The number of rotatable bonds is 3. The van der Waals surface area contributed by atoms with Crippen molar-refractivity contribution in [3.05, 3.63) is 99.8 Å². The fourth-order valence-electron chi connectivity index (χ4n) is 2.82. The molecule has 1 aliphatic rings. The van der Waals surface area contributed by atoms with Crippen molar-refractivity contribution >= 4 is 29.4 Å². The van der Waals surface area contributed by atoms with Crippen LogP contribution in [0.15, 0.2) is 72.5 Å². The third kappa shape index (κ3) is 3.55. The predicted octanol–water partition coefficient (Wildman–Crippen LogP) is 5.48. The van der Waals surface area contributed by atoms with Crippen LogP contribution in [0.3, 0.4) is 0 Å². The normalized spacial score (nSPS) is 13.9. The molecule has 3 aromatic rings. The first-order valence-corrected chi connectivity index (χ1v) is 9.01. The predicted molar refractivity (Wildman–Crippen MR) is 107 cm³/mol. The number of hydrogen-bond acceptors (Lipinski definition) is 4. The summed E-state index contributed by atoms with van der Waals surface area (Å²) < 4.78 is 11.1. The topological polar surface area (TPSA) is 52.6 Å². The molecule has 0 saturated carbocycles. The van der Waals surface area contributed by atoms with E-state index in [4.69, 9.17) is 21.1 Å². The molecule has 3 aromatic carbocycles. The number of fused-ring (bicyclic) bond motifs is 1. The van der Waals surface area contributed by atoms with E-state index in [9.17, 15) is 9.59 Å². The highest BCUT2D eigenvalue weighted by atomic mass is 35.5. The minimum absolute atomic E-state index is 0.171. The van der Waals surface area contributed by atoms with Gasteiger partial charge in [0.05, 0.1) is 11.1 Å². The molecule has 0 amide bonds. The quantitative estimate of drug-likeness (QED) is 0.337. The first-order valence-electron chi connectivity index (χ1n) is 8.63. The van der Waals surface area contributed by atoms with Crippen molar-refractivity contribution in [2.75, 3.05) is 0 Å². The van der Waals surface area contributed by atoms with Crippen molar-refractivity contribution in [1.82, 2.24) is 0 Å². The second-order valence-electron chi connectivity index (χ2n) is 6.37. The van der Waals surface area contributed by atoms with Crippen LogP contribution in [0.4, 0.5) is 0 Å². The number of Topliss-reactive ketones (excluding diaryl/α,β-unsaturated/α-hetero) is 1. The average molecular weight is 391 g/mol. The number of hydrogen-bond donors (Lipinski definition) is 0. The molecule has 1 aliphatic heterocycles. The summed E-state index contributed by atoms with van der Waals surface area (Å²) in [7, 11) is 0. The molecular weight excluding hydrogens is 376 g/mol. The number of carbonyl (C=O) groups excluding carboxylic acids is 2. The molecule has 4 rings (SSSR count). The molecule has 0 bridgehead atoms. The van der Waals surface area contributed by atoms with Crippen LogP contribution in [-0.4, -0.2) is 11.8 Å². The Balaban J connectivity index is 1.56. The summed E-state index contributed by atoms with van der Waals surface area (Å²) in [4.78, 5) is 24.8. The molecule has 0 atom stereocenters. The van der Waals surface area contributed by atoms with E-state index >= 15 is 0 Å². The lowest BCUT2D eigenvalue weighted by Gasteiger charge is -2.06. The number of carbonyl (C=O) groups is 2. The number of aryl methyl sites for hydroxylation is 1. The molecule has 138 valence electrons. The van der Waals surface area contributed by atoms with E-state index in [0.29, 0.717) is 33.2 Å². The SMILES string of the molecule is Cc1ccc(C(=O)Oc2ccc3c(c2)O/C(=C\c2ccccc2Cl)C3=O)cc1. The van der Waals surface area contributed by atoms with Gasteiger partial charge in [-0.1, -0.05) is 47.5 Å². The summed E-state index contributed by atoms with van der Waals surface area (Å²) >= 11 is 6.14. The molecular formula is C23H15ClO4. The maximum Gasteiger partial charge on any atom is 0.343 e. The van der Waals surface area contributed by atoms with E-state index in [-0.39, 0.29) is 11.5 Å². The third-order valence-corrected chi connectivity index (χ3v) is 4.68. The van der Waals surface area contributed by atoms with Crippen LogP contribution in [0, 0.1) is 6.92 Å². The molecule has 0 unspecified atom stereocenters. The van der Waals surface area contributed by atoms with Gasteiger partial charge in [-0.2, -0.15) is 0 Å². The first-order chi connectivity index (χ1) is 13.5. The van der Waals surface area contributed by atoms with Crippen molar-refractivity contribution in [1.29, 1.82) is 0 Å². The van der Waals surface area contributed by atoms with Crippen molar-refractivity contribution in [3.63, 3.8) is 0 Å². The summed E-state index contributed by atoms with van der Waals surface area (Å²) in [6.45, 7) is 1.94. The molecule has 0 fully saturated rings. The van der Waals surface area contributed by atoms with Crippen molar-refractivity contribution in [2.24, 2.45) is 0 Å². The molecule has 5 heteroatoms. The largest absolute Gasteiger partial charge is 0.452 e. The molecule has 4 nitrogen and oxygen atoms in total. The number of ketones is 1. The van der Waals surface area contributed by atoms with E-state index in [2.05, 4.69) is 0 Å². The minimum atomic E-state index is -0.476. The van der Waals surface area contributed by atoms with Crippen LogP contribution in [0.2, 0.25) is 5.02 Å². The van der Waals surface area contributed by atoms with Crippen LogP contribution in [-0.2, 0) is 0 Å². The van der Waals surface area contributed by atoms with Gasteiger partial charge in [0.15, 0.2) is 5.76 Å². The zero-order valence-corrected chi connectivity index (χ0v) is 15.7. The fraction of sp³-hybridized carbons (Fsp3) is 0.0435. The molecule has 0 N–H and O–H groups in total. The summed E-state index contributed by atoms with van der Waals surface area (Å²) in [6, 6.07) is 19.0. The Bertz CT molecular complexity index is 1110. The van der Waals surface area contributed by atoms with Gasteiger partial charge >= 0.3 is 5.97 Å². The van der Waals surface area contributed by atoms with Crippen LogP contribution < -0.4 is 9.47 Å². The molecule has 0 radical (unpaired) electrons. The van der Waals surface area contributed by atoms with Gasteiger partial charge in [-0.25, -0.2) is 4.79 Å². The number of ether oxygens (including phenoxy) is 2. The minimum Gasteiger partial charge on any atom is -0.452 e. The maximum absolute atomic E-state index is 12.6. The Morgan fingerprint density at radius 2 is 1.79 bits per heavy atom. The van der Waals surface area contributed by atoms with E-state index in [1.807, 2.05) is 31.2 Å². The highest BCUT2D eigenvalue weighted by Crippen LogP contribution is 2.35. The van der Waals surface area contributed by atoms with Gasteiger partial charge < -0.3 is 9.47 Å². The summed E-state index contributed by atoms with van der Waals surface area (Å²) in [5.74, 6) is 0.0983. The Kier molecular flexibility index (Phi) is 4.72. The highest BCUT2D eigenvalue weighted by molar-refractivity contribution is 6.32. The lowest BCUT2D eigenvalue weighted by atomic mass is 10.1. The number of esters is 1. The van der Waals surface area contributed by atoms with E-state index in [0.717, 1.165) is 5.56 Å². The van der Waals surface area contributed by atoms with E-state index in [1.165, 1.54) is 6.07 Å². The average Bonchev–Trinajstić information content (AvgIpc) is 2.99. The molecule has 0 aliphatic carbocycles. The van der Waals surface area contributed by atoms with Gasteiger partial charge in [-0.05, 0) is 48.9 Å². The zero-order valence-electron chi connectivity index (χ0n) is 14.9. The first kappa shape index (κ1) is 18.0. The van der Waals surface area contributed by atoms with Crippen LogP contribution in [0.1, 0.15) is 31.8 Å². The third-order valence-electron chi connectivity index (χ3n) is 4.33. The second-order valence-corrected chi connectivity index (χ2v) is 6.78. The van der Waals surface area contributed by atoms with Crippen molar-refractivity contribution < 1.29 is 19.1 Å². The molecule has 0 spiro atoms. The highest BCUT2D eigenvalue weighted by Gasteiger charge is 2.28. The molecule has 0 aromatic heterocycles. The number of allylic oxidation sites excluding steroid dienone is 1. The van der Waals surface area contributed by atoms with Gasteiger partial charge in [0.2, 0.25) is 5.78 Å². The fourth-order valence-corrected chi connectivity index (χ4v) is 3.01. The van der Waals surface area contributed by atoms with Crippen molar-refractivity contribution in [3.8, 4) is 11.5 Å². The molecule has 0 saturated heterocycles. The van der Waals surface area contributed by atoms with Gasteiger partial charge in [-0.15, -0.1) is 0 Å². The van der Waals surface area contributed by atoms with Gasteiger partial charge in [0, 0.05) is 11.1 Å². The van der Waals surface area contributed by atoms with Gasteiger partial charge in [0.25, 0.3) is 0 Å². The van der Waals surface area contributed by atoms with E-state index in [1.54, 1.807) is 42.5 Å². The monoisotopic (exact) mass is 390 g/mol. The lowest BCUT2D eigenvalue weighted by Crippen LogP contribution is -2.08. The van der Waals surface area contributed by atoms with Crippen LogP contribution in [0.25, 0.3) is 6.08 Å². The Morgan fingerprint density at radius 1 is 1.04 bits per heavy atom. The number of benzene rings is 3. The second kappa shape index (κ2) is 7.33. The van der Waals surface area contributed by atoms with Gasteiger partial charge in [0.1, 0.15) is 11.5 Å². The Hall–Kier alpha value is -3.37. The zero-order chi connectivity index (χ0) is 19.7. The summed E-state index contributed by atoms with van der Waals surface area (Å²) in [5, 5.41) is 0.523. The molecule has 1 heterocycles. The van der Waals surface area contributed by atoms with Crippen LogP contribution in [0.5, 0.6) is 11.5 Å². The number of halogens is 1. The summed E-state index contributed by atoms with van der Waals surface area (Å²) in [6.07, 6.45) is 1.60. The summed E-state index contributed by atoms with van der Waals surface area (Å²) in [5.41, 5.74) is 2.60. The van der Waals surface area contributed by atoms with E-state index < -0.39 is 5.97 Å². The maximum atomic E-state index is 12.6. The lowest BCUT2D eigenvalue weighted by molar-refractivity contribution is 0.0734.